The highest BCUT2D eigenvalue weighted by atomic mass is 32.2. The molecule has 1 aliphatic rings. The molecule has 4 rings (SSSR count). The van der Waals surface area contributed by atoms with Gasteiger partial charge in [-0.15, -0.1) is 21.5 Å². The van der Waals surface area contributed by atoms with Crippen molar-refractivity contribution in [2.45, 2.75) is 52.2 Å². The second-order valence-corrected chi connectivity index (χ2v) is 11.2. The van der Waals surface area contributed by atoms with Crippen molar-refractivity contribution in [2.75, 3.05) is 11.1 Å². The van der Waals surface area contributed by atoms with Crippen LogP contribution in [0.1, 0.15) is 48.8 Å². The number of fused-ring (bicyclic) bond motifs is 1. The predicted octanol–water partition coefficient (Wildman–Crippen LogP) is 5.86. The molecule has 0 unspecified atom stereocenters. The minimum absolute atomic E-state index is 0.132. The summed E-state index contributed by atoms with van der Waals surface area (Å²) in [6, 6.07) is 10.1. The van der Waals surface area contributed by atoms with Gasteiger partial charge in [-0.1, -0.05) is 50.2 Å². The Balaban J connectivity index is 1.40. The molecule has 0 radical (unpaired) electrons. The molecule has 0 saturated heterocycles. The number of benzene rings is 1. The fraction of sp³-hybridized carbons (Fsp3) is 0.417. The van der Waals surface area contributed by atoms with E-state index in [4.69, 9.17) is 4.42 Å². The third kappa shape index (κ3) is 4.89. The van der Waals surface area contributed by atoms with Crippen LogP contribution in [0.5, 0.6) is 0 Å². The highest BCUT2D eigenvalue weighted by molar-refractivity contribution is 7.99. The van der Waals surface area contributed by atoms with Crippen molar-refractivity contribution in [3.05, 3.63) is 45.8 Å². The molecule has 3 aromatic rings. The van der Waals surface area contributed by atoms with Crippen LogP contribution in [0.4, 0.5) is 5.00 Å². The molecule has 0 saturated carbocycles. The predicted molar refractivity (Wildman–Crippen MR) is 128 cm³/mol. The zero-order chi connectivity index (χ0) is 22.9. The van der Waals surface area contributed by atoms with Gasteiger partial charge < -0.3 is 9.73 Å². The Morgan fingerprint density at radius 1 is 1.38 bits per heavy atom. The van der Waals surface area contributed by atoms with Gasteiger partial charge >= 0.3 is 0 Å². The topological polar surface area (TPSA) is 91.8 Å². The van der Waals surface area contributed by atoms with Crippen molar-refractivity contribution < 1.29 is 9.21 Å². The van der Waals surface area contributed by atoms with Gasteiger partial charge in [0.25, 0.3) is 5.22 Å². The number of thiophene rings is 1. The fourth-order valence-electron chi connectivity index (χ4n) is 3.98. The molecule has 0 spiro atoms. The number of aromatic nitrogens is 2. The molecule has 6 nitrogen and oxygen atoms in total. The van der Waals surface area contributed by atoms with Crippen LogP contribution in [-0.4, -0.2) is 21.9 Å². The lowest BCUT2D eigenvalue weighted by Gasteiger charge is -2.33. The highest BCUT2D eigenvalue weighted by Gasteiger charge is 2.32. The number of hydrogen-bond donors (Lipinski definition) is 1. The molecule has 2 aromatic heterocycles. The van der Waals surface area contributed by atoms with Crippen molar-refractivity contribution in [1.82, 2.24) is 10.2 Å². The zero-order valence-corrected chi connectivity index (χ0v) is 20.3. The van der Waals surface area contributed by atoms with E-state index in [-0.39, 0.29) is 17.1 Å². The maximum Gasteiger partial charge on any atom is 0.277 e. The van der Waals surface area contributed by atoms with Gasteiger partial charge in [-0.3, -0.25) is 4.79 Å². The first-order valence-corrected chi connectivity index (χ1v) is 12.4. The van der Waals surface area contributed by atoms with Crippen LogP contribution >= 0.6 is 23.1 Å². The van der Waals surface area contributed by atoms with Gasteiger partial charge in [0.2, 0.25) is 11.8 Å². The molecule has 1 aliphatic carbocycles. The van der Waals surface area contributed by atoms with Crippen molar-refractivity contribution in [1.29, 1.82) is 5.26 Å². The molecule has 1 atom stereocenters. The first kappa shape index (κ1) is 22.6. The van der Waals surface area contributed by atoms with Crippen molar-refractivity contribution in [2.24, 2.45) is 11.3 Å². The Bertz CT molecular complexity index is 1180. The number of nitriles is 1. The van der Waals surface area contributed by atoms with Crippen LogP contribution in [0.2, 0.25) is 0 Å². The molecule has 166 valence electrons. The third-order valence-electron chi connectivity index (χ3n) is 5.85. The summed E-state index contributed by atoms with van der Waals surface area (Å²) < 4.78 is 5.69. The quantitative estimate of drug-likeness (QED) is 0.474. The van der Waals surface area contributed by atoms with Crippen LogP contribution in [0.3, 0.4) is 0 Å². The normalized spacial score (nSPS) is 15.8. The number of rotatable bonds is 5. The Kier molecular flexibility index (Phi) is 6.40. The molecule has 1 amide bonds. The lowest BCUT2D eigenvalue weighted by atomic mass is 9.72. The van der Waals surface area contributed by atoms with E-state index >= 15 is 0 Å². The van der Waals surface area contributed by atoms with Gasteiger partial charge in [0.05, 0.1) is 11.3 Å². The van der Waals surface area contributed by atoms with Gasteiger partial charge in [-0.05, 0) is 55.2 Å². The Morgan fingerprint density at radius 2 is 2.19 bits per heavy atom. The van der Waals surface area contributed by atoms with Gasteiger partial charge in [0.15, 0.2) is 0 Å². The molecule has 2 heterocycles. The molecule has 0 fully saturated rings. The Hall–Kier alpha value is -2.63. The molecular weight excluding hydrogens is 440 g/mol. The van der Waals surface area contributed by atoms with Gasteiger partial charge in [-0.25, -0.2) is 0 Å². The minimum Gasteiger partial charge on any atom is -0.411 e. The standard InChI is InChI=1S/C24H26N4O2S2/c1-14-6-5-7-15(10-14)21-27-28-23(30-21)31-13-20(29)26-22-18(12-25)17-9-8-16(24(2,3)4)11-19(17)32-22/h5-7,10,16H,8-9,11,13H2,1-4H3,(H,26,29)/t16-/m0/s1. The van der Waals surface area contributed by atoms with Gasteiger partial charge in [0, 0.05) is 10.4 Å². The van der Waals surface area contributed by atoms with Crippen LogP contribution in [0, 0.1) is 29.6 Å². The zero-order valence-electron chi connectivity index (χ0n) is 18.7. The highest BCUT2D eigenvalue weighted by Crippen LogP contribution is 2.44. The van der Waals surface area contributed by atoms with Gasteiger partial charge in [-0.2, -0.15) is 5.26 Å². The van der Waals surface area contributed by atoms with E-state index in [2.05, 4.69) is 42.4 Å². The number of carbonyl (C=O) groups is 1. The van der Waals surface area contributed by atoms with Crippen molar-refractivity contribution in [3.8, 4) is 17.5 Å². The average Bonchev–Trinajstić information content (AvgIpc) is 3.35. The number of amides is 1. The minimum atomic E-state index is -0.187. The maximum absolute atomic E-state index is 12.6. The molecule has 1 aromatic carbocycles. The lowest BCUT2D eigenvalue weighted by molar-refractivity contribution is -0.113. The molecular formula is C24H26N4O2S2. The number of hydrogen-bond acceptors (Lipinski definition) is 7. The fourth-order valence-corrected chi connectivity index (χ4v) is 5.84. The summed E-state index contributed by atoms with van der Waals surface area (Å²) in [6.07, 6.45) is 2.93. The van der Waals surface area contributed by atoms with Crippen LogP contribution in [0.25, 0.3) is 11.5 Å². The second kappa shape index (κ2) is 9.08. The summed E-state index contributed by atoms with van der Waals surface area (Å²) >= 11 is 2.73. The van der Waals surface area contributed by atoms with Crippen LogP contribution < -0.4 is 5.32 Å². The number of nitrogens with zero attached hydrogens (tertiary/aromatic N) is 3. The number of carbonyl (C=O) groups excluding carboxylic acids is 1. The van der Waals surface area contributed by atoms with E-state index in [0.29, 0.717) is 27.6 Å². The summed E-state index contributed by atoms with van der Waals surface area (Å²) in [5.41, 5.74) is 3.92. The van der Waals surface area contributed by atoms with Crippen molar-refractivity contribution >= 4 is 34.0 Å². The van der Waals surface area contributed by atoms with Crippen LogP contribution in [-0.2, 0) is 17.6 Å². The van der Waals surface area contributed by atoms with E-state index in [0.717, 1.165) is 36.0 Å². The SMILES string of the molecule is Cc1cccc(-c2nnc(SCC(=O)Nc3sc4c(c3C#N)CC[C@H](C(C)(C)C)C4)o2)c1. The van der Waals surface area contributed by atoms with Gasteiger partial charge in [0.1, 0.15) is 11.1 Å². The third-order valence-corrected chi connectivity index (χ3v) is 7.84. The van der Waals surface area contributed by atoms with Crippen LogP contribution in [0.15, 0.2) is 33.9 Å². The molecule has 1 N–H and O–H groups in total. The Morgan fingerprint density at radius 3 is 2.91 bits per heavy atom. The average molecular weight is 467 g/mol. The number of thioether (sulfide) groups is 1. The first-order chi connectivity index (χ1) is 15.2. The Labute approximate surface area is 196 Å². The van der Waals surface area contributed by atoms with E-state index < -0.39 is 0 Å². The maximum atomic E-state index is 12.6. The van der Waals surface area contributed by atoms with E-state index in [1.54, 1.807) is 11.3 Å². The smallest absolute Gasteiger partial charge is 0.277 e. The molecule has 0 bridgehead atoms. The molecule has 32 heavy (non-hydrogen) atoms. The number of anilines is 1. The summed E-state index contributed by atoms with van der Waals surface area (Å²) in [6.45, 7) is 8.80. The monoisotopic (exact) mass is 466 g/mol. The molecule has 8 heteroatoms. The molecule has 0 aliphatic heterocycles. The number of nitrogens with one attached hydrogen (secondary N) is 1. The summed E-state index contributed by atoms with van der Waals surface area (Å²) in [5, 5.41) is 21.8. The van der Waals surface area contributed by atoms with E-state index in [1.165, 1.54) is 16.6 Å². The number of aryl methyl sites for hydroxylation is 1. The van der Waals surface area contributed by atoms with E-state index in [1.807, 2.05) is 31.2 Å². The summed E-state index contributed by atoms with van der Waals surface area (Å²) in [4.78, 5) is 13.8. The summed E-state index contributed by atoms with van der Waals surface area (Å²) in [5.74, 6) is 0.961. The summed E-state index contributed by atoms with van der Waals surface area (Å²) in [7, 11) is 0. The van der Waals surface area contributed by atoms with Crippen molar-refractivity contribution in [3.63, 3.8) is 0 Å². The largest absolute Gasteiger partial charge is 0.411 e. The first-order valence-electron chi connectivity index (χ1n) is 10.6. The lowest BCUT2D eigenvalue weighted by Crippen LogP contribution is -2.26. The second-order valence-electron chi connectivity index (χ2n) is 9.20. The van der Waals surface area contributed by atoms with E-state index in [9.17, 15) is 10.1 Å².